The molecule has 0 fully saturated rings. The monoisotopic (exact) mass is 164 g/mol. The molecular formula is C3H8N4S2. The van der Waals surface area contributed by atoms with E-state index in [9.17, 15) is 0 Å². The van der Waals surface area contributed by atoms with Crippen LogP contribution in [0.3, 0.4) is 0 Å². The van der Waals surface area contributed by atoms with Crippen molar-refractivity contribution in [1.29, 1.82) is 0 Å². The predicted octanol–water partition coefficient (Wildman–Crippen LogP) is -0.525. The van der Waals surface area contributed by atoms with Crippen LogP contribution in [0.1, 0.15) is 0 Å². The molecule has 1 aliphatic rings. The molecule has 1 aliphatic heterocycles. The molecule has 0 unspecified atom stereocenters. The van der Waals surface area contributed by atoms with E-state index in [2.05, 4.69) is 10.9 Å². The number of nitrogens with two attached hydrogens (primary N) is 2. The van der Waals surface area contributed by atoms with Crippen LogP contribution in [0, 0.1) is 0 Å². The van der Waals surface area contributed by atoms with Crippen molar-refractivity contribution < 1.29 is 0 Å². The van der Waals surface area contributed by atoms with E-state index in [1.807, 2.05) is 11.5 Å². The lowest BCUT2D eigenvalue weighted by molar-refractivity contribution is 0.479. The van der Waals surface area contributed by atoms with E-state index in [0.717, 1.165) is 0 Å². The van der Waals surface area contributed by atoms with E-state index in [1.54, 1.807) is 10.8 Å². The second kappa shape index (κ2) is 2.91. The van der Waals surface area contributed by atoms with Gasteiger partial charge in [0.2, 0.25) is 0 Å². The van der Waals surface area contributed by atoms with E-state index in [1.165, 1.54) is 10.8 Å². The fourth-order valence-corrected chi connectivity index (χ4v) is 2.46. The maximum absolute atomic E-state index is 5.20. The molecule has 4 nitrogen and oxygen atoms in total. The Labute approximate surface area is 61.1 Å². The molecule has 9 heavy (non-hydrogen) atoms. The van der Waals surface area contributed by atoms with Gasteiger partial charge < -0.3 is 0 Å². The Balaban J connectivity index is 2.57. The number of rotatable bonds is 2. The van der Waals surface area contributed by atoms with Crippen LogP contribution in [0.4, 0.5) is 0 Å². The molecule has 0 spiro atoms. The van der Waals surface area contributed by atoms with Crippen LogP contribution < -0.4 is 22.5 Å². The first-order valence-corrected chi connectivity index (χ1v) is 4.52. The zero-order chi connectivity index (χ0) is 6.74. The average molecular weight is 164 g/mol. The highest BCUT2D eigenvalue weighted by atomic mass is 33.1. The van der Waals surface area contributed by atoms with Crippen molar-refractivity contribution >= 4 is 21.6 Å². The van der Waals surface area contributed by atoms with E-state index in [4.69, 9.17) is 11.7 Å². The lowest BCUT2D eigenvalue weighted by Crippen LogP contribution is -2.57. The zero-order valence-corrected chi connectivity index (χ0v) is 6.26. The van der Waals surface area contributed by atoms with Gasteiger partial charge in [0, 0.05) is 0 Å². The summed E-state index contributed by atoms with van der Waals surface area (Å²) >= 11 is 0. The van der Waals surface area contributed by atoms with Crippen molar-refractivity contribution in [3.05, 3.63) is 11.5 Å². The van der Waals surface area contributed by atoms with Gasteiger partial charge >= 0.3 is 0 Å². The van der Waals surface area contributed by atoms with Crippen LogP contribution in [0.25, 0.3) is 0 Å². The fraction of sp³-hybridized carbons (Fsp3) is 0.333. The van der Waals surface area contributed by atoms with Gasteiger partial charge in [-0.2, -0.15) is 0 Å². The van der Waals surface area contributed by atoms with Crippen molar-refractivity contribution in [3.63, 3.8) is 0 Å². The molecule has 6 N–H and O–H groups in total. The largest absolute Gasteiger partial charge is 0.269 e. The predicted molar refractivity (Wildman–Crippen MR) is 41.7 cm³/mol. The Bertz CT molecular complexity index is 121. The number of hydrogen-bond donors (Lipinski definition) is 4. The minimum absolute atomic E-state index is 0.468. The summed E-state index contributed by atoms with van der Waals surface area (Å²) in [7, 11) is 3.10. The van der Waals surface area contributed by atoms with Gasteiger partial charge in [-0.25, -0.2) is 10.9 Å². The maximum atomic E-state index is 5.20. The molecule has 52 valence electrons. The number of hydrogen-bond acceptors (Lipinski definition) is 6. The Morgan fingerprint density at radius 2 is 2.00 bits per heavy atom. The minimum Gasteiger partial charge on any atom is -0.269 e. The third-order valence-electron chi connectivity index (χ3n) is 0.967. The first kappa shape index (κ1) is 7.39. The molecule has 1 rings (SSSR count). The lowest BCUT2D eigenvalue weighted by Gasteiger charge is -2.22. The highest BCUT2D eigenvalue weighted by Crippen LogP contribution is 2.39. The Morgan fingerprint density at radius 1 is 1.33 bits per heavy atom. The van der Waals surface area contributed by atoms with Gasteiger partial charge in [0.15, 0.2) is 4.99 Å². The zero-order valence-electron chi connectivity index (χ0n) is 4.63. The highest BCUT2D eigenvalue weighted by molar-refractivity contribution is 8.78. The molecule has 0 aliphatic carbocycles. The van der Waals surface area contributed by atoms with Gasteiger partial charge in [0.1, 0.15) is 0 Å². The summed E-state index contributed by atoms with van der Waals surface area (Å²) in [6.45, 7) is 0. The number of hydrazine groups is 2. The van der Waals surface area contributed by atoms with Crippen molar-refractivity contribution in [1.82, 2.24) is 10.9 Å². The third kappa shape index (κ3) is 1.40. The van der Waals surface area contributed by atoms with Crippen molar-refractivity contribution in [2.45, 2.75) is 4.99 Å². The molecule has 0 aromatic rings. The quantitative estimate of drug-likeness (QED) is 0.190. The Hall–Kier alpha value is 0.280. The van der Waals surface area contributed by atoms with Gasteiger partial charge in [-0.15, -0.1) is 0 Å². The third-order valence-corrected chi connectivity index (χ3v) is 3.36. The van der Waals surface area contributed by atoms with Gasteiger partial charge in [-0.3, -0.25) is 11.7 Å². The van der Waals surface area contributed by atoms with Crippen LogP contribution in [-0.2, 0) is 0 Å². The molecule has 0 bridgehead atoms. The fourth-order valence-electron chi connectivity index (χ4n) is 0.441. The number of nitrogens with one attached hydrogen (secondary N) is 2. The van der Waals surface area contributed by atoms with Crippen LogP contribution in [0.2, 0.25) is 0 Å². The summed E-state index contributed by atoms with van der Waals surface area (Å²) in [6.07, 6.45) is 1.86. The maximum Gasteiger partial charge on any atom is 0.172 e. The second-order valence-corrected chi connectivity index (χ2v) is 3.86. The van der Waals surface area contributed by atoms with Crippen molar-refractivity contribution in [2.24, 2.45) is 11.7 Å². The molecule has 0 radical (unpaired) electrons. The summed E-state index contributed by atoms with van der Waals surface area (Å²) < 4.78 is 0. The smallest absolute Gasteiger partial charge is 0.172 e. The molecule has 6 heteroatoms. The molecule has 1 heterocycles. The SMILES string of the molecule is NNC1(NN)C=CSS1. The van der Waals surface area contributed by atoms with Crippen LogP contribution in [0.5, 0.6) is 0 Å². The van der Waals surface area contributed by atoms with Crippen LogP contribution in [-0.4, -0.2) is 4.99 Å². The average Bonchev–Trinajstić information content (AvgIpc) is 2.36. The molecular weight excluding hydrogens is 156 g/mol. The first-order valence-electron chi connectivity index (χ1n) is 2.31. The first-order chi connectivity index (χ1) is 4.33. The molecule has 0 saturated carbocycles. The molecule has 0 saturated heterocycles. The van der Waals surface area contributed by atoms with E-state index >= 15 is 0 Å². The van der Waals surface area contributed by atoms with Crippen molar-refractivity contribution in [3.8, 4) is 0 Å². The minimum atomic E-state index is -0.468. The van der Waals surface area contributed by atoms with E-state index in [0.29, 0.717) is 0 Å². The van der Waals surface area contributed by atoms with Crippen LogP contribution >= 0.6 is 21.6 Å². The summed E-state index contributed by atoms with van der Waals surface area (Å²) in [5.41, 5.74) is 5.09. The van der Waals surface area contributed by atoms with Gasteiger partial charge in [-0.1, -0.05) is 10.8 Å². The highest BCUT2D eigenvalue weighted by Gasteiger charge is 2.28. The Kier molecular flexibility index (Phi) is 2.39. The molecule has 0 amide bonds. The van der Waals surface area contributed by atoms with Crippen LogP contribution in [0.15, 0.2) is 11.5 Å². The second-order valence-electron chi connectivity index (χ2n) is 1.51. The Morgan fingerprint density at radius 3 is 2.22 bits per heavy atom. The molecule has 0 atom stereocenters. The van der Waals surface area contributed by atoms with E-state index in [-0.39, 0.29) is 0 Å². The van der Waals surface area contributed by atoms with Crippen molar-refractivity contribution in [2.75, 3.05) is 0 Å². The van der Waals surface area contributed by atoms with E-state index < -0.39 is 4.99 Å². The standard InChI is InChI=1S/C3H8N4S2/c4-6-3(7-5)1-2-8-9-3/h1-2,6-7H,4-5H2. The lowest BCUT2D eigenvalue weighted by atomic mass is 10.5. The normalized spacial score (nSPS) is 22.9. The summed E-state index contributed by atoms with van der Waals surface area (Å²) in [5.74, 6) is 10.4. The topological polar surface area (TPSA) is 76.1 Å². The molecule has 0 aromatic heterocycles. The summed E-state index contributed by atoms with van der Waals surface area (Å²) in [4.78, 5) is -0.468. The summed E-state index contributed by atoms with van der Waals surface area (Å²) in [5, 5.41) is 1.92. The van der Waals surface area contributed by atoms with Gasteiger partial charge in [0.05, 0.1) is 0 Å². The van der Waals surface area contributed by atoms with Gasteiger partial charge in [0.25, 0.3) is 0 Å². The summed E-state index contributed by atoms with van der Waals surface area (Å²) in [6, 6.07) is 0. The molecule has 0 aromatic carbocycles. The van der Waals surface area contributed by atoms with Gasteiger partial charge in [-0.05, 0) is 22.3 Å².